The summed E-state index contributed by atoms with van der Waals surface area (Å²) in [5.74, 6) is -0.0829. The van der Waals surface area contributed by atoms with E-state index >= 15 is 0 Å². The van der Waals surface area contributed by atoms with Gasteiger partial charge in [0.25, 0.3) is 15.9 Å². The smallest absolute Gasteiger partial charge is 0.256 e. The number of nitrogens with one attached hydrogen (secondary N) is 1. The second-order valence-corrected chi connectivity index (χ2v) is 7.66. The highest BCUT2D eigenvalue weighted by atomic mass is 32.2. The van der Waals surface area contributed by atoms with Gasteiger partial charge in [-0.25, -0.2) is 8.42 Å². The second-order valence-electron chi connectivity index (χ2n) is 5.90. The van der Waals surface area contributed by atoms with Gasteiger partial charge in [-0.1, -0.05) is 0 Å². The summed E-state index contributed by atoms with van der Waals surface area (Å²) in [5, 5.41) is 2.97. The molecule has 1 saturated carbocycles. The fourth-order valence-corrected chi connectivity index (χ4v) is 3.91. The lowest BCUT2D eigenvalue weighted by Gasteiger charge is -2.31. The number of allylic oxidation sites excluding steroid dienone is 2. The molecular weight excluding hydrogens is 304 g/mol. The summed E-state index contributed by atoms with van der Waals surface area (Å²) >= 11 is 0. The van der Waals surface area contributed by atoms with E-state index in [1.807, 2.05) is 0 Å². The van der Waals surface area contributed by atoms with E-state index in [0.29, 0.717) is 12.1 Å². The first-order valence-electron chi connectivity index (χ1n) is 7.49. The van der Waals surface area contributed by atoms with Crippen LogP contribution in [0.3, 0.4) is 0 Å². The van der Waals surface area contributed by atoms with E-state index in [0.717, 1.165) is 25.7 Å². The van der Waals surface area contributed by atoms with Gasteiger partial charge in [0.15, 0.2) is 5.84 Å². The molecule has 120 valence electrons. The number of rotatable bonds is 2. The predicted molar refractivity (Wildman–Crippen MR) is 83.5 cm³/mol. The summed E-state index contributed by atoms with van der Waals surface area (Å²) in [6, 6.07) is 0.307. The van der Waals surface area contributed by atoms with Crippen molar-refractivity contribution in [2.45, 2.75) is 37.8 Å². The lowest BCUT2D eigenvalue weighted by molar-refractivity contribution is -0.117. The van der Waals surface area contributed by atoms with Gasteiger partial charge in [0.2, 0.25) is 0 Å². The summed E-state index contributed by atoms with van der Waals surface area (Å²) < 4.78 is 27.1. The molecular formula is C14H20N4O3S. The Labute approximate surface area is 130 Å². The van der Waals surface area contributed by atoms with Crippen molar-refractivity contribution in [3.8, 4) is 0 Å². The van der Waals surface area contributed by atoms with E-state index in [2.05, 4.69) is 9.71 Å². The molecule has 3 N–H and O–H groups in total. The van der Waals surface area contributed by atoms with Crippen molar-refractivity contribution in [1.82, 2.24) is 10.2 Å². The Bertz CT molecular complexity index is 658. The Morgan fingerprint density at radius 3 is 2.77 bits per heavy atom. The molecule has 0 aromatic rings. The fourth-order valence-electron chi connectivity index (χ4n) is 2.92. The number of amides is 1. The van der Waals surface area contributed by atoms with Gasteiger partial charge < -0.3 is 16.0 Å². The maximum Gasteiger partial charge on any atom is 0.256 e. The molecule has 22 heavy (non-hydrogen) atoms. The third-order valence-electron chi connectivity index (χ3n) is 4.21. The summed E-state index contributed by atoms with van der Waals surface area (Å²) in [4.78, 5) is 14.2. The van der Waals surface area contributed by atoms with Crippen LogP contribution in [0.4, 0.5) is 0 Å². The van der Waals surface area contributed by atoms with Crippen LogP contribution in [-0.4, -0.2) is 49.4 Å². The molecule has 0 atom stereocenters. The number of sulfonamides is 1. The van der Waals surface area contributed by atoms with Crippen LogP contribution in [0.2, 0.25) is 0 Å². The van der Waals surface area contributed by atoms with E-state index in [1.165, 1.54) is 0 Å². The van der Waals surface area contributed by atoms with Gasteiger partial charge in [0.05, 0.1) is 11.3 Å². The SMILES string of the molecule is NC1CCC(NC(=O)C2=CC=CN3CCS(=O)(=O)N=C23)CC1. The van der Waals surface area contributed by atoms with E-state index in [1.54, 1.807) is 23.3 Å². The molecule has 0 radical (unpaired) electrons. The molecule has 7 nitrogen and oxygen atoms in total. The molecule has 0 unspecified atom stereocenters. The number of nitrogens with two attached hydrogens (primary N) is 1. The number of nitrogens with zero attached hydrogens (tertiary/aromatic N) is 2. The highest BCUT2D eigenvalue weighted by Gasteiger charge is 2.31. The van der Waals surface area contributed by atoms with Crippen LogP contribution in [0.25, 0.3) is 0 Å². The molecule has 2 heterocycles. The number of fused-ring (bicyclic) bond motifs is 1. The summed E-state index contributed by atoms with van der Waals surface area (Å²) in [5.41, 5.74) is 6.17. The van der Waals surface area contributed by atoms with Crippen LogP contribution in [0, 0.1) is 0 Å². The average molecular weight is 324 g/mol. The monoisotopic (exact) mass is 324 g/mol. The van der Waals surface area contributed by atoms with Crippen LogP contribution in [0.15, 0.2) is 28.3 Å². The Balaban J connectivity index is 1.75. The largest absolute Gasteiger partial charge is 0.349 e. The van der Waals surface area contributed by atoms with Gasteiger partial charge >= 0.3 is 0 Å². The van der Waals surface area contributed by atoms with Gasteiger partial charge in [-0.2, -0.15) is 0 Å². The third kappa shape index (κ3) is 3.22. The highest BCUT2D eigenvalue weighted by molar-refractivity contribution is 7.90. The number of hydrogen-bond donors (Lipinski definition) is 2. The number of hydrogen-bond acceptors (Lipinski definition) is 5. The van der Waals surface area contributed by atoms with Crippen LogP contribution in [0.5, 0.6) is 0 Å². The Morgan fingerprint density at radius 1 is 1.32 bits per heavy atom. The zero-order valence-corrected chi connectivity index (χ0v) is 13.1. The molecule has 3 aliphatic rings. The summed E-state index contributed by atoms with van der Waals surface area (Å²) in [6.07, 6.45) is 8.58. The Kier molecular flexibility index (Phi) is 4.05. The standard InChI is InChI=1S/C14H20N4O3S/c15-10-3-5-11(6-4-10)16-14(19)12-2-1-7-18-8-9-22(20,21)17-13(12)18/h1-2,7,10-11H,3-6,8-9,15H2,(H,16,19). The van der Waals surface area contributed by atoms with E-state index in [9.17, 15) is 13.2 Å². The summed E-state index contributed by atoms with van der Waals surface area (Å²) in [6.45, 7) is 0.320. The molecule has 2 aliphatic heterocycles. The first kappa shape index (κ1) is 15.2. The van der Waals surface area contributed by atoms with Gasteiger partial charge in [0, 0.05) is 24.8 Å². The van der Waals surface area contributed by atoms with E-state index in [-0.39, 0.29) is 29.6 Å². The van der Waals surface area contributed by atoms with E-state index < -0.39 is 10.0 Å². The number of carbonyl (C=O) groups is 1. The topological polar surface area (TPSA) is 105 Å². The summed E-state index contributed by atoms with van der Waals surface area (Å²) in [7, 11) is -3.48. The van der Waals surface area contributed by atoms with Gasteiger partial charge in [-0.3, -0.25) is 4.79 Å². The molecule has 0 aromatic heterocycles. The maximum absolute atomic E-state index is 12.5. The molecule has 8 heteroatoms. The fraction of sp³-hybridized carbons (Fsp3) is 0.571. The first-order chi connectivity index (χ1) is 10.4. The van der Waals surface area contributed by atoms with E-state index in [4.69, 9.17) is 5.73 Å². The quantitative estimate of drug-likeness (QED) is 0.736. The molecule has 1 amide bonds. The third-order valence-corrected chi connectivity index (χ3v) is 5.36. The minimum atomic E-state index is -3.48. The van der Waals surface area contributed by atoms with Crippen molar-refractivity contribution in [1.29, 1.82) is 0 Å². The van der Waals surface area contributed by atoms with Crippen molar-refractivity contribution in [3.63, 3.8) is 0 Å². The number of carbonyl (C=O) groups excluding carboxylic acids is 1. The molecule has 1 aliphatic carbocycles. The van der Waals surface area contributed by atoms with Crippen LogP contribution in [0.1, 0.15) is 25.7 Å². The van der Waals surface area contributed by atoms with Crippen molar-refractivity contribution >= 4 is 21.8 Å². The Morgan fingerprint density at radius 2 is 2.05 bits per heavy atom. The molecule has 0 saturated heterocycles. The highest BCUT2D eigenvalue weighted by Crippen LogP contribution is 2.20. The Hall–Kier alpha value is -1.67. The van der Waals surface area contributed by atoms with Gasteiger partial charge in [-0.15, -0.1) is 4.40 Å². The second kappa shape index (κ2) is 5.85. The zero-order valence-electron chi connectivity index (χ0n) is 12.2. The van der Waals surface area contributed by atoms with Crippen LogP contribution < -0.4 is 11.1 Å². The molecule has 0 aromatic carbocycles. The predicted octanol–water partition coefficient (Wildman–Crippen LogP) is -0.130. The van der Waals surface area contributed by atoms with Crippen LogP contribution in [-0.2, 0) is 14.8 Å². The molecule has 0 bridgehead atoms. The van der Waals surface area contributed by atoms with Crippen molar-refractivity contribution in [3.05, 3.63) is 23.9 Å². The minimum absolute atomic E-state index is 0.0315. The molecule has 0 spiro atoms. The lowest BCUT2D eigenvalue weighted by atomic mass is 9.91. The number of amidine groups is 1. The van der Waals surface area contributed by atoms with Crippen molar-refractivity contribution < 1.29 is 13.2 Å². The lowest BCUT2D eigenvalue weighted by Crippen LogP contribution is -2.46. The van der Waals surface area contributed by atoms with Gasteiger partial charge in [-0.05, 0) is 37.8 Å². The molecule has 3 rings (SSSR count). The minimum Gasteiger partial charge on any atom is -0.349 e. The maximum atomic E-state index is 12.5. The average Bonchev–Trinajstić information content (AvgIpc) is 2.48. The normalized spacial score (nSPS) is 30.1. The van der Waals surface area contributed by atoms with Gasteiger partial charge in [0.1, 0.15) is 0 Å². The van der Waals surface area contributed by atoms with Crippen molar-refractivity contribution in [2.75, 3.05) is 12.3 Å². The zero-order chi connectivity index (χ0) is 15.7. The molecule has 1 fully saturated rings. The van der Waals surface area contributed by atoms with Crippen LogP contribution >= 0.6 is 0 Å². The van der Waals surface area contributed by atoms with Crippen molar-refractivity contribution in [2.24, 2.45) is 10.1 Å². The first-order valence-corrected chi connectivity index (χ1v) is 9.10.